The number of hydrogen-bond acceptors (Lipinski definition) is 12. The molecule has 4 N–H and O–H groups in total. The fraction of sp³-hybridized carbons (Fsp3) is 0.0588. The molecule has 0 saturated carbocycles. The molecule has 0 fully saturated rings. The summed E-state index contributed by atoms with van der Waals surface area (Å²) < 4.78 is 78.7. The van der Waals surface area contributed by atoms with E-state index in [1.165, 1.54) is 38.5 Å². The number of nitrogens with one attached hydrogen (secondary N) is 2. The minimum absolute atomic E-state index is 0.0683. The maximum absolute atomic E-state index is 13.0. The lowest BCUT2D eigenvalue weighted by Gasteiger charge is -2.17. The van der Waals surface area contributed by atoms with Crippen LogP contribution >= 0.6 is 0 Å². The molecule has 16 heteroatoms. The molecule has 254 valence electrons. The van der Waals surface area contributed by atoms with Crippen molar-refractivity contribution in [3.05, 3.63) is 119 Å². The van der Waals surface area contributed by atoms with Crippen LogP contribution in [0.2, 0.25) is 0 Å². The van der Waals surface area contributed by atoms with E-state index >= 15 is 0 Å². The number of hydrogen-bond donors (Lipinski definition) is 4. The van der Waals surface area contributed by atoms with Crippen LogP contribution in [0.1, 0.15) is 31.8 Å². The number of carbonyl (C=O) groups excluding carboxylic acids is 2. The first-order valence-corrected chi connectivity index (χ1v) is 17.4. The Hall–Kier alpha value is -5.94. The summed E-state index contributed by atoms with van der Waals surface area (Å²) in [6.07, 6.45) is 1.99. The number of ether oxygens (including phenoxy) is 2. The predicted octanol–water partition coefficient (Wildman–Crippen LogP) is 5.16. The van der Waals surface area contributed by atoms with Gasteiger partial charge in [0.05, 0.1) is 25.6 Å². The summed E-state index contributed by atoms with van der Waals surface area (Å²) in [5.74, 6) is -0.455. The average molecular weight is 715 g/mol. The molecule has 0 aromatic heterocycles. The molecular formula is C34H26N4O10S2. The van der Waals surface area contributed by atoms with Crippen molar-refractivity contribution in [2.45, 2.75) is 0 Å². The van der Waals surface area contributed by atoms with Crippen molar-refractivity contribution >= 4 is 64.4 Å². The minimum atomic E-state index is -4.66. The van der Waals surface area contributed by atoms with Crippen LogP contribution in [0.4, 0.5) is 11.4 Å². The fourth-order valence-electron chi connectivity index (χ4n) is 5.36. The Labute approximate surface area is 285 Å². The zero-order chi connectivity index (χ0) is 35.8. The molecule has 0 amide bonds. The fourth-order valence-corrected chi connectivity index (χ4v) is 6.80. The molecule has 0 spiro atoms. The first-order chi connectivity index (χ1) is 23.8. The van der Waals surface area contributed by atoms with Crippen LogP contribution in [0, 0.1) is 0 Å². The summed E-state index contributed by atoms with van der Waals surface area (Å²) in [5, 5.41) is 8.22. The molecule has 4 aromatic rings. The number of ketones is 2. The van der Waals surface area contributed by atoms with Gasteiger partial charge in [0.25, 0.3) is 20.2 Å². The number of carbonyl (C=O) groups is 2. The third kappa shape index (κ3) is 6.55. The summed E-state index contributed by atoms with van der Waals surface area (Å²) in [7, 11) is -6.47. The maximum atomic E-state index is 13.0. The largest absolute Gasteiger partial charge is 0.494 e. The van der Waals surface area contributed by atoms with Gasteiger partial charge in [-0.3, -0.25) is 29.5 Å². The van der Waals surface area contributed by atoms with Crippen LogP contribution in [0.3, 0.4) is 0 Å². The molecule has 2 aliphatic rings. The highest BCUT2D eigenvalue weighted by molar-refractivity contribution is 7.95. The molecule has 0 heterocycles. The highest BCUT2D eigenvalue weighted by atomic mass is 32.2. The van der Waals surface area contributed by atoms with Crippen molar-refractivity contribution < 1.29 is 45.0 Å². The van der Waals surface area contributed by atoms with Crippen LogP contribution in [0.25, 0.3) is 20.9 Å². The van der Waals surface area contributed by atoms with Crippen molar-refractivity contribution in [1.82, 2.24) is 0 Å². The van der Waals surface area contributed by atoms with E-state index in [9.17, 15) is 35.5 Å². The Balaban J connectivity index is 1.26. The predicted molar refractivity (Wildman–Crippen MR) is 188 cm³/mol. The number of allylic oxidation sites excluding steroid dienone is 2. The topological polar surface area (TPSA) is 210 Å². The Morgan fingerprint density at radius 2 is 0.920 bits per heavy atom. The van der Waals surface area contributed by atoms with Crippen molar-refractivity contribution in [3.63, 3.8) is 0 Å². The highest BCUT2D eigenvalue weighted by Crippen LogP contribution is 2.36. The molecule has 4 aromatic carbocycles. The van der Waals surface area contributed by atoms with E-state index in [0.717, 1.165) is 12.2 Å². The monoisotopic (exact) mass is 714 g/mol. The molecule has 14 nitrogen and oxygen atoms in total. The van der Waals surface area contributed by atoms with Gasteiger partial charge in [-0.25, -0.2) is 0 Å². The summed E-state index contributed by atoms with van der Waals surface area (Å²) >= 11 is 0. The number of benzene rings is 4. The molecule has 0 radical (unpaired) electrons. The first kappa shape index (κ1) is 33.9. The van der Waals surface area contributed by atoms with Crippen molar-refractivity contribution in [2.24, 2.45) is 10.2 Å². The van der Waals surface area contributed by atoms with Crippen LogP contribution in [0.5, 0.6) is 11.5 Å². The van der Waals surface area contributed by atoms with E-state index in [-0.39, 0.29) is 33.7 Å². The van der Waals surface area contributed by atoms with E-state index in [4.69, 9.17) is 9.47 Å². The number of hydrazone groups is 2. The molecule has 0 saturated heterocycles. The van der Waals surface area contributed by atoms with Gasteiger partial charge in [-0.1, -0.05) is 60.7 Å². The molecule has 6 rings (SSSR count). The maximum Gasteiger partial charge on any atom is 0.295 e. The molecule has 0 aliphatic heterocycles. The van der Waals surface area contributed by atoms with E-state index in [1.54, 1.807) is 60.7 Å². The van der Waals surface area contributed by atoms with Gasteiger partial charge in [0.2, 0.25) is 11.6 Å². The zero-order valence-electron chi connectivity index (χ0n) is 26.1. The smallest absolute Gasteiger partial charge is 0.295 e. The number of nitrogens with zero attached hydrogens (tertiary/aromatic N) is 2. The summed E-state index contributed by atoms with van der Waals surface area (Å²) in [6, 6.07) is 22.0. The molecular weight excluding hydrogens is 689 g/mol. The minimum Gasteiger partial charge on any atom is -0.494 e. The second-order valence-corrected chi connectivity index (χ2v) is 13.5. The van der Waals surface area contributed by atoms with Gasteiger partial charge in [-0.05, 0) is 47.5 Å². The average Bonchev–Trinajstić information content (AvgIpc) is 3.10. The zero-order valence-corrected chi connectivity index (χ0v) is 27.7. The number of anilines is 2. The lowest BCUT2D eigenvalue weighted by atomic mass is 9.95. The van der Waals surface area contributed by atoms with Crippen LogP contribution in [0.15, 0.2) is 107 Å². The van der Waals surface area contributed by atoms with Gasteiger partial charge >= 0.3 is 0 Å². The van der Waals surface area contributed by atoms with Crippen molar-refractivity contribution in [2.75, 3.05) is 25.1 Å². The van der Waals surface area contributed by atoms with Crippen LogP contribution in [-0.2, 0) is 20.2 Å². The van der Waals surface area contributed by atoms with Gasteiger partial charge < -0.3 is 9.47 Å². The van der Waals surface area contributed by atoms with Gasteiger partial charge in [-0.15, -0.1) is 0 Å². The van der Waals surface area contributed by atoms with Crippen LogP contribution in [-0.4, -0.2) is 63.2 Å². The Bertz CT molecular complexity index is 2280. The lowest BCUT2D eigenvalue weighted by Crippen LogP contribution is -2.22. The third-order valence-corrected chi connectivity index (χ3v) is 9.55. The molecule has 50 heavy (non-hydrogen) atoms. The van der Waals surface area contributed by atoms with E-state index < -0.39 is 41.6 Å². The Kier molecular flexibility index (Phi) is 8.94. The van der Waals surface area contributed by atoms with E-state index in [2.05, 4.69) is 21.1 Å². The quantitative estimate of drug-likeness (QED) is 0.131. The number of fused-ring (bicyclic) bond motifs is 2. The molecule has 0 bridgehead atoms. The normalized spacial score (nSPS) is 15.9. The number of rotatable bonds is 9. The summed E-state index contributed by atoms with van der Waals surface area (Å²) in [5.41, 5.74) is 7.28. The molecule has 0 unspecified atom stereocenters. The molecule has 2 aliphatic carbocycles. The standard InChI is InChI=1S/C34H26N4O10S2/c1-47-29-15-19(11-13-25(29)35-37-27-17-31(49(41,42)43)21-7-3-5-9-23(21)33(27)39)20-12-14-26(30(16-20)48-2)36-38-28-18-32(50(44,45)46)22-8-4-6-10-24(22)34(28)40/h3-18,35-36H,1-2H3,(H,41,42,43)(H,44,45,46)/b37-27-,38-28+. The number of Topliss-reactive ketones (excluding diaryl/α,β-unsaturated/α-hetero) is 2. The highest BCUT2D eigenvalue weighted by Gasteiger charge is 2.31. The van der Waals surface area contributed by atoms with E-state index in [0.29, 0.717) is 34.0 Å². The lowest BCUT2D eigenvalue weighted by molar-refractivity contribution is 0.105. The number of methoxy groups -OCH3 is 2. The third-order valence-electron chi connectivity index (χ3n) is 7.76. The summed E-state index contributed by atoms with van der Waals surface area (Å²) in [4.78, 5) is 25.2. The summed E-state index contributed by atoms with van der Waals surface area (Å²) in [6.45, 7) is 0. The van der Waals surface area contributed by atoms with Crippen molar-refractivity contribution in [3.8, 4) is 22.6 Å². The second kappa shape index (κ2) is 13.2. The Morgan fingerprint density at radius 1 is 0.560 bits per heavy atom. The Morgan fingerprint density at radius 3 is 1.26 bits per heavy atom. The first-order valence-electron chi connectivity index (χ1n) is 14.5. The van der Waals surface area contributed by atoms with E-state index in [1.807, 2.05) is 0 Å². The molecule has 0 atom stereocenters. The van der Waals surface area contributed by atoms with Gasteiger partial charge in [0.15, 0.2) is 0 Å². The van der Waals surface area contributed by atoms with Gasteiger partial charge in [0.1, 0.15) is 32.7 Å². The van der Waals surface area contributed by atoms with Crippen LogP contribution < -0.4 is 20.3 Å². The van der Waals surface area contributed by atoms with Gasteiger partial charge in [0, 0.05) is 22.3 Å². The van der Waals surface area contributed by atoms with Gasteiger partial charge in [-0.2, -0.15) is 27.0 Å². The SMILES string of the molecule is COc1cc(-c2ccc(N/N=C3\C=C(S(=O)(=O)O)c4ccccc4C3=O)c(OC)c2)ccc1N/N=C1/C=C(S(=O)(=O)O)c2ccccc2C1=O. The second-order valence-electron chi connectivity index (χ2n) is 10.8. The van der Waals surface area contributed by atoms with Crippen molar-refractivity contribution in [1.29, 1.82) is 0 Å².